The first kappa shape index (κ1) is 12.9. The Hall–Kier alpha value is -2.11. The van der Waals surface area contributed by atoms with Gasteiger partial charge in [0.15, 0.2) is 5.69 Å². The summed E-state index contributed by atoms with van der Waals surface area (Å²) in [6.45, 7) is 0.673. The minimum Gasteiger partial charge on any atom is -0.476 e. The second kappa shape index (κ2) is 4.77. The molecule has 0 unspecified atom stereocenters. The molecule has 106 valence electrons. The molecule has 20 heavy (non-hydrogen) atoms. The van der Waals surface area contributed by atoms with Crippen LogP contribution in [0.15, 0.2) is 18.3 Å². The van der Waals surface area contributed by atoms with Gasteiger partial charge < -0.3 is 15.7 Å². The van der Waals surface area contributed by atoms with Gasteiger partial charge in [-0.3, -0.25) is 0 Å². The average molecular weight is 275 g/mol. The molecular weight excluding hydrogens is 258 g/mol. The first-order valence-electron chi connectivity index (χ1n) is 6.84. The number of carbonyl (C=O) groups is 2. The Morgan fingerprint density at radius 2 is 2.15 bits per heavy atom. The molecule has 1 aromatic rings. The van der Waals surface area contributed by atoms with Gasteiger partial charge in [0.05, 0.1) is 5.69 Å². The fourth-order valence-corrected chi connectivity index (χ4v) is 2.69. The van der Waals surface area contributed by atoms with E-state index < -0.39 is 5.97 Å². The number of carboxylic acid groups (broad SMARTS) is 1. The lowest BCUT2D eigenvalue weighted by molar-refractivity contribution is 0.0691. The quantitative estimate of drug-likeness (QED) is 0.767. The Bertz CT molecular complexity index is 550. The molecular formula is C14H17N3O3. The van der Waals surface area contributed by atoms with Crippen LogP contribution in [-0.2, 0) is 0 Å². The molecule has 0 aliphatic heterocycles. The SMILES string of the molecule is O=C(NCC1(C2CC2)CC1)Nc1cccnc1C(=O)O. The van der Waals surface area contributed by atoms with E-state index in [2.05, 4.69) is 15.6 Å². The number of carbonyl (C=O) groups excluding carboxylic acids is 1. The molecule has 1 heterocycles. The third kappa shape index (κ3) is 2.59. The lowest BCUT2D eigenvalue weighted by Gasteiger charge is -2.15. The second-order valence-corrected chi connectivity index (χ2v) is 5.65. The molecule has 0 saturated heterocycles. The monoisotopic (exact) mass is 275 g/mol. The maximum Gasteiger partial charge on any atom is 0.356 e. The smallest absolute Gasteiger partial charge is 0.356 e. The molecule has 1 aromatic heterocycles. The van der Waals surface area contributed by atoms with Gasteiger partial charge in [-0.2, -0.15) is 0 Å². The molecule has 0 spiro atoms. The van der Waals surface area contributed by atoms with Gasteiger partial charge in [-0.25, -0.2) is 14.6 Å². The van der Waals surface area contributed by atoms with Gasteiger partial charge in [0.25, 0.3) is 0 Å². The normalized spacial score (nSPS) is 19.2. The molecule has 2 amide bonds. The number of hydrogen-bond donors (Lipinski definition) is 3. The Morgan fingerprint density at radius 1 is 1.40 bits per heavy atom. The number of aromatic nitrogens is 1. The molecule has 0 aromatic carbocycles. The predicted molar refractivity (Wildman–Crippen MR) is 72.6 cm³/mol. The number of urea groups is 1. The van der Waals surface area contributed by atoms with Crippen LogP contribution in [0.4, 0.5) is 10.5 Å². The molecule has 0 radical (unpaired) electrons. The molecule has 3 N–H and O–H groups in total. The standard InChI is InChI=1S/C14H17N3O3/c18-12(19)11-10(2-1-7-15-11)17-13(20)16-8-14(5-6-14)9-3-4-9/h1-2,7,9H,3-6,8H2,(H,18,19)(H2,16,17,20). The van der Waals surface area contributed by atoms with Gasteiger partial charge in [-0.15, -0.1) is 0 Å². The van der Waals surface area contributed by atoms with E-state index in [1.165, 1.54) is 37.9 Å². The number of carboxylic acids is 1. The fraction of sp³-hybridized carbons (Fsp3) is 0.500. The third-order valence-corrected chi connectivity index (χ3v) is 4.20. The topological polar surface area (TPSA) is 91.3 Å². The van der Waals surface area contributed by atoms with Crippen LogP contribution in [0.2, 0.25) is 0 Å². The lowest BCUT2D eigenvalue weighted by atomic mass is 10.0. The van der Waals surface area contributed by atoms with Crippen molar-refractivity contribution in [3.8, 4) is 0 Å². The maximum atomic E-state index is 11.9. The second-order valence-electron chi connectivity index (χ2n) is 5.65. The predicted octanol–water partition coefficient (Wildman–Crippen LogP) is 2.09. The average Bonchev–Trinajstić information content (AvgIpc) is 3.28. The van der Waals surface area contributed by atoms with Crippen molar-refractivity contribution in [3.63, 3.8) is 0 Å². The van der Waals surface area contributed by atoms with Crippen LogP contribution in [0.1, 0.15) is 36.2 Å². The van der Waals surface area contributed by atoms with E-state index in [9.17, 15) is 9.59 Å². The zero-order valence-electron chi connectivity index (χ0n) is 11.1. The van der Waals surface area contributed by atoms with E-state index in [1.807, 2.05) is 0 Å². The summed E-state index contributed by atoms with van der Waals surface area (Å²) in [5.41, 5.74) is 0.391. The van der Waals surface area contributed by atoms with Gasteiger partial charge >= 0.3 is 12.0 Å². The summed E-state index contributed by atoms with van der Waals surface area (Å²) in [4.78, 5) is 26.6. The molecule has 2 saturated carbocycles. The highest BCUT2D eigenvalue weighted by molar-refractivity contribution is 5.98. The summed E-state index contributed by atoms with van der Waals surface area (Å²) in [6, 6.07) is 2.76. The van der Waals surface area contributed by atoms with Gasteiger partial charge in [0.2, 0.25) is 0 Å². The molecule has 6 heteroatoms. The summed E-state index contributed by atoms with van der Waals surface area (Å²) >= 11 is 0. The number of aromatic carboxylic acids is 1. The molecule has 0 bridgehead atoms. The Kier molecular flexibility index (Phi) is 3.08. The molecule has 2 aliphatic carbocycles. The largest absolute Gasteiger partial charge is 0.476 e. The van der Waals surface area contributed by atoms with Crippen molar-refractivity contribution in [1.82, 2.24) is 10.3 Å². The Morgan fingerprint density at radius 3 is 2.75 bits per heavy atom. The number of rotatable bonds is 5. The minimum atomic E-state index is -1.16. The number of hydrogen-bond acceptors (Lipinski definition) is 3. The van der Waals surface area contributed by atoms with Crippen LogP contribution in [-0.4, -0.2) is 28.6 Å². The molecule has 6 nitrogen and oxygen atoms in total. The van der Waals surface area contributed by atoms with Crippen molar-refractivity contribution in [2.24, 2.45) is 11.3 Å². The Balaban J connectivity index is 1.57. The number of nitrogens with zero attached hydrogens (tertiary/aromatic N) is 1. The summed E-state index contributed by atoms with van der Waals surface area (Å²) in [5, 5.41) is 14.4. The van der Waals surface area contributed by atoms with E-state index in [0.717, 1.165) is 5.92 Å². The van der Waals surface area contributed by atoms with Crippen molar-refractivity contribution in [1.29, 1.82) is 0 Å². The third-order valence-electron chi connectivity index (χ3n) is 4.20. The van der Waals surface area contributed by atoms with Crippen LogP contribution in [0.3, 0.4) is 0 Å². The zero-order valence-corrected chi connectivity index (χ0v) is 11.1. The summed E-state index contributed by atoms with van der Waals surface area (Å²) in [6.07, 6.45) is 6.30. The summed E-state index contributed by atoms with van der Waals surface area (Å²) in [7, 11) is 0. The van der Waals surface area contributed by atoms with Crippen molar-refractivity contribution in [3.05, 3.63) is 24.0 Å². The van der Waals surface area contributed by atoms with Gasteiger partial charge in [-0.05, 0) is 49.1 Å². The molecule has 2 aliphatic rings. The highest BCUT2D eigenvalue weighted by Crippen LogP contribution is 2.60. The zero-order chi connectivity index (χ0) is 14.2. The lowest BCUT2D eigenvalue weighted by Crippen LogP contribution is -2.35. The van der Waals surface area contributed by atoms with Gasteiger partial charge in [-0.1, -0.05) is 0 Å². The van der Waals surface area contributed by atoms with E-state index in [4.69, 9.17) is 5.11 Å². The highest BCUT2D eigenvalue weighted by Gasteiger charge is 2.53. The van der Waals surface area contributed by atoms with Crippen LogP contribution in [0.25, 0.3) is 0 Å². The van der Waals surface area contributed by atoms with Crippen molar-refractivity contribution >= 4 is 17.7 Å². The number of pyridine rings is 1. The minimum absolute atomic E-state index is 0.147. The van der Waals surface area contributed by atoms with Crippen LogP contribution in [0.5, 0.6) is 0 Å². The summed E-state index contributed by atoms with van der Waals surface area (Å²) < 4.78 is 0. The van der Waals surface area contributed by atoms with Gasteiger partial charge in [0.1, 0.15) is 0 Å². The number of anilines is 1. The Labute approximate surface area is 116 Å². The van der Waals surface area contributed by atoms with Crippen molar-refractivity contribution in [2.75, 3.05) is 11.9 Å². The first-order chi connectivity index (χ1) is 9.61. The molecule has 0 atom stereocenters. The van der Waals surface area contributed by atoms with Crippen LogP contribution in [0, 0.1) is 11.3 Å². The highest BCUT2D eigenvalue weighted by atomic mass is 16.4. The first-order valence-corrected chi connectivity index (χ1v) is 6.84. The molecule has 3 rings (SSSR count). The van der Waals surface area contributed by atoms with E-state index >= 15 is 0 Å². The van der Waals surface area contributed by atoms with Gasteiger partial charge in [0, 0.05) is 12.7 Å². The van der Waals surface area contributed by atoms with Crippen molar-refractivity contribution < 1.29 is 14.7 Å². The fourth-order valence-electron chi connectivity index (χ4n) is 2.69. The number of nitrogens with one attached hydrogen (secondary N) is 2. The number of amides is 2. The molecule has 2 fully saturated rings. The van der Waals surface area contributed by atoms with E-state index in [-0.39, 0.29) is 17.4 Å². The maximum absolute atomic E-state index is 11.9. The van der Waals surface area contributed by atoms with Crippen molar-refractivity contribution in [2.45, 2.75) is 25.7 Å². The van der Waals surface area contributed by atoms with Crippen LogP contribution >= 0.6 is 0 Å². The van der Waals surface area contributed by atoms with Crippen LogP contribution < -0.4 is 10.6 Å². The summed E-state index contributed by atoms with van der Waals surface area (Å²) in [5.74, 6) is -0.381. The van der Waals surface area contributed by atoms with E-state index in [0.29, 0.717) is 12.0 Å². The van der Waals surface area contributed by atoms with E-state index in [1.54, 1.807) is 6.07 Å².